The van der Waals surface area contributed by atoms with Crippen LogP contribution in [0.25, 0.3) is 0 Å². The van der Waals surface area contributed by atoms with E-state index in [1.165, 1.54) is 12.8 Å². The highest BCUT2D eigenvalue weighted by molar-refractivity contribution is 6.53. The minimum Gasteiger partial charge on any atom is -0.348 e. The van der Waals surface area contributed by atoms with Gasteiger partial charge in [0.25, 0.3) is 5.91 Å². The number of halogens is 1. The lowest BCUT2D eigenvalue weighted by atomic mass is 9.96. The Morgan fingerprint density at radius 1 is 1.24 bits per heavy atom. The lowest BCUT2D eigenvalue weighted by molar-refractivity contribution is -0.115. The summed E-state index contributed by atoms with van der Waals surface area (Å²) in [5.74, 6) is -0.0726. The molecule has 112 valence electrons. The third kappa shape index (κ3) is 2.68. The lowest BCUT2D eigenvalue weighted by Gasteiger charge is -2.29. The monoisotopic (exact) mass is 306 g/mol. The predicted molar refractivity (Wildman–Crippen MR) is 85.1 cm³/mol. The topological polar surface area (TPSA) is 65.8 Å². The van der Waals surface area contributed by atoms with Crippen LogP contribution in [0.3, 0.4) is 0 Å². The van der Waals surface area contributed by atoms with Crippen molar-refractivity contribution >= 4 is 29.7 Å². The van der Waals surface area contributed by atoms with Gasteiger partial charge in [0.1, 0.15) is 0 Å². The number of hydrogen-bond acceptors (Lipinski definition) is 4. The fourth-order valence-corrected chi connectivity index (χ4v) is 3.62. The van der Waals surface area contributed by atoms with Gasteiger partial charge in [-0.1, -0.05) is 18.2 Å². The number of amides is 1. The van der Waals surface area contributed by atoms with Crippen LogP contribution >= 0.6 is 12.4 Å². The van der Waals surface area contributed by atoms with E-state index < -0.39 is 0 Å². The molecule has 6 heteroatoms. The van der Waals surface area contributed by atoms with Crippen molar-refractivity contribution in [2.75, 3.05) is 0 Å². The summed E-state index contributed by atoms with van der Waals surface area (Å²) in [6, 6.07) is 1.43. The van der Waals surface area contributed by atoms with Crippen LogP contribution in [-0.2, 0) is 4.79 Å². The van der Waals surface area contributed by atoms with Crippen molar-refractivity contribution in [2.24, 2.45) is 10.2 Å². The van der Waals surface area contributed by atoms with Crippen LogP contribution in [0.5, 0.6) is 0 Å². The van der Waals surface area contributed by atoms with Crippen LogP contribution < -0.4 is 10.6 Å². The molecule has 0 aromatic heterocycles. The van der Waals surface area contributed by atoms with E-state index in [4.69, 9.17) is 0 Å². The highest BCUT2D eigenvalue weighted by Gasteiger charge is 2.35. The van der Waals surface area contributed by atoms with Gasteiger partial charge in [0.15, 0.2) is 5.71 Å². The largest absolute Gasteiger partial charge is 0.348 e. The molecule has 0 radical (unpaired) electrons. The van der Waals surface area contributed by atoms with Gasteiger partial charge >= 0.3 is 0 Å². The van der Waals surface area contributed by atoms with Crippen molar-refractivity contribution in [2.45, 2.75) is 50.2 Å². The van der Waals surface area contributed by atoms with Gasteiger partial charge in [-0.15, -0.1) is 17.5 Å². The molecule has 4 rings (SSSR count). The first kappa shape index (κ1) is 14.5. The number of piperidine rings is 1. The maximum absolute atomic E-state index is 12.4. The molecular formula is C15H19ClN4O. The van der Waals surface area contributed by atoms with Crippen molar-refractivity contribution < 1.29 is 4.79 Å². The first-order chi connectivity index (χ1) is 9.79. The number of nitrogens with zero attached hydrogens (tertiary/aromatic N) is 2. The molecule has 0 aromatic rings. The first-order valence-corrected chi connectivity index (χ1v) is 7.38. The van der Waals surface area contributed by atoms with Crippen LogP contribution in [0.15, 0.2) is 34.0 Å². The second kappa shape index (κ2) is 5.73. The molecule has 5 nitrogen and oxygen atoms in total. The van der Waals surface area contributed by atoms with Crippen molar-refractivity contribution in [1.29, 1.82) is 0 Å². The average molecular weight is 307 g/mol. The van der Waals surface area contributed by atoms with Gasteiger partial charge in [-0.25, -0.2) is 0 Å². The molecule has 2 N–H and O–H groups in total. The molecule has 2 bridgehead atoms. The van der Waals surface area contributed by atoms with Crippen molar-refractivity contribution in [1.82, 2.24) is 10.6 Å². The van der Waals surface area contributed by atoms with Gasteiger partial charge in [0.05, 0.1) is 5.71 Å². The third-order valence-electron chi connectivity index (χ3n) is 4.57. The van der Waals surface area contributed by atoms with E-state index in [2.05, 4.69) is 20.8 Å². The second-order valence-corrected chi connectivity index (χ2v) is 5.99. The zero-order chi connectivity index (χ0) is 13.5. The van der Waals surface area contributed by atoms with E-state index in [1.807, 2.05) is 18.2 Å². The van der Waals surface area contributed by atoms with E-state index in [1.54, 1.807) is 0 Å². The third-order valence-corrected chi connectivity index (χ3v) is 4.57. The molecule has 0 aromatic carbocycles. The zero-order valence-electron chi connectivity index (χ0n) is 11.7. The first-order valence-electron chi connectivity index (χ1n) is 7.38. The summed E-state index contributed by atoms with van der Waals surface area (Å²) in [7, 11) is 0. The minimum atomic E-state index is -0.0726. The van der Waals surface area contributed by atoms with Gasteiger partial charge in [-0.2, -0.15) is 5.10 Å². The lowest BCUT2D eigenvalue weighted by Crippen LogP contribution is -2.49. The number of rotatable bonds is 2. The molecule has 2 saturated heterocycles. The van der Waals surface area contributed by atoms with Gasteiger partial charge in [0, 0.05) is 30.1 Å². The fourth-order valence-electron chi connectivity index (χ4n) is 3.62. The summed E-state index contributed by atoms with van der Waals surface area (Å²) >= 11 is 0. The smallest absolute Gasteiger partial charge is 0.272 e. The molecule has 1 amide bonds. The number of carbonyl (C=O) groups is 1. The summed E-state index contributed by atoms with van der Waals surface area (Å²) in [5, 5.41) is 14.9. The van der Waals surface area contributed by atoms with E-state index in [0.717, 1.165) is 30.5 Å². The maximum atomic E-state index is 12.4. The van der Waals surface area contributed by atoms with Gasteiger partial charge in [-0.3, -0.25) is 4.79 Å². The number of nitrogens with one attached hydrogen (secondary N) is 2. The van der Waals surface area contributed by atoms with Gasteiger partial charge in [0.2, 0.25) is 0 Å². The maximum Gasteiger partial charge on any atom is 0.272 e. The van der Waals surface area contributed by atoms with Crippen LogP contribution in [-0.4, -0.2) is 35.5 Å². The highest BCUT2D eigenvalue weighted by atomic mass is 35.5. The molecular weight excluding hydrogens is 288 g/mol. The molecule has 3 heterocycles. The minimum absolute atomic E-state index is 0. The van der Waals surface area contributed by atoms with E-state index in [0.29, 0.717) is 17.8 Å². The van der Waals surface area contributed by atoms with E-state index in [-0.39, 0.29) is 24.4 Å². The van der Waals surface area contributed by atoms with Crippen LogP contribution in [0.1, 0.15) is 32.1 Å². The normalized spacial score (nSPS) is 32.6. The number of fused-ring (bicyclic) bond motifs is 3. The van der Waals surface area contributed by atoms with Crippen molar-refractivity contribution in [3.8, 4) is 0 Å². The Morgan fingerprint density at radius 3 is 2.76 bits per heavy atom. The van der Waals surface area contributed by atoms with Crippen LogP contribution in [0, 0.1) is 0 Å². The Labute approximate surface area is 130 Å². The van der Waals surface area contributed by atoms with Crippen molar-refractivity contribution in [3.63, 3.8) is 0 Å². The average Bonchev–Trinajstić information content (AvgIpc) is 3.02. The van der Waals surface area contributed by atoms with Gasteiger partial charge in [-0.05, 0) is 25.7 Å². The molecule has 4 aliphatic rings. The molecule has 2 fully saturated rings. The molecule has 3 aliphatic heterocycles. The number of allylic oxidation sites excluding steroid dienone is 3. The molecule has 0 saturated carbocycles. The Hall–Kier alpha value is -1.46. The van der Waals surface area contributed by atoms with Crippen LogP contribution in [0.2, 0.25) is 0 Å². The van der Waals surface area contributed by atoms with Crippen molar-refractivity contribution in [3.05, 3.63) is 23.8 Å². The molecule has 1 aliphatic carbocycles. The Kier molecular flexibility index (Phi) is 3.95. The number of carbonyl (C=O) groups excluding carboxylic acids is 1. The summed E-state index contributed by atoms with van der Waals surface area (Å²) < 4.78 is 0. The standard InChI is InChI=1S/C15H18N4O.ClH/c20-15(14-12-3-1-2-4-13(12)18-19-14)17-11-7-9-5-6-10(8-11)16-9;/h1-3,9-11,16H,4-8H2,(H,17,20);1H. The SMILES string of the molecule is Cl.O=C(NC1CC2CCC(C1)N2)C1=NN=C2CC=CC=C21. The summed E-state index contributed by atoms with van der Waals surface area (Å²) in [4.78, 5) is 12.4. The van der Waals surface area contributed by atoms with Gasteiger partial charge < -0.3 is 10.6 Å². The van der Waals surface area contributed by atoms with E-state index in [9.17, 15) is 4.79 Å². The Bertz CT molecular complexity index is 566. The summed E-state index contributed by atoms with van der Waals surface area (Å²) in [5.41, 5.74) is 2.28. The molecule has 2 atom stereocenters. The summed E-state index contributed by atoms with van der Waals surface area (Å²) in [6.45, 7) is 0. The summed E-state index contributed by atoms with van der Waals surface area (Å²) in [6.07, 6.45) is 11.2. The quantitative estimate of drug-likeness (QED) is 0.812. The number of hydrogen-bond donors (Lipinski definition) is 2. The Balaban J connectivity index is 0.00000132. The second-order valence-electron chi connectivity index (χ2n) is 5.99. The molecule has 21 heavy (non-hydrogen) atoms. The molecule has 2 unspecified atom stereocenters. The van der Waals surface area contributed by atoms with Crippen LogP contribution in [0.4, 0.5) is 0 Å². The Morgan fingerprint density at radius 2 is 2.00 bits per heavy atom. The van der Waals surface area contributed by atoms with E-state index >= 15 is 0 Å². The fraction of sp³-hybridized carbons (Fsp3) is 0.533. The highest BCUT2D eigenvalue weighted by Crippen LogP contribution is 2.27. The predicted octanol–water partition coefficient (Wildman–Crippen LogP) is 1.50. The molecule has 0 spiro atoms. The zero-order valence-corrected chi connectivity index (χ0v) is 12.5.